The third-order valence-electron chi connectivity index (χ3n) is 7.45. The lowest BCUT2D eigenvalue weighted by Crippen LogP contribution is -2.46. The van der Waals surface area contributed by atoms with Crippen LogP contribution in [0.4, 0.5) is 0 Å². The molecule has 0 bridgehead atoms. The number of carbonyl (C=O) groups is 1. The maximum absolute atomic E-state index is 13.1. The van der Waals surface area contributed by atoms with Crippen molar-refractivity contribution in [1.82, 2.24) is 29.8 Å². The van der Waals surface area contributed by atoms with Gasteiger partial charge in [-0.25, -0.2) is 0 Å². The van der Waals surface area contributed by atoms with Crippen molar-refractivity contribution < 1.29 is 4.79 Å². The third-order valence-corrected chi connectivity index (χ3v) is 7.45. The van der Waals surface area contributed by atoms with E-state index in [-0.39, 0.29) is 5.92 Å². The molecule has 2 aliphatic rings. The molecule has 0 N–H and O–H groups in total. The Morgan fingerprint density at radius 1 is 1.00 bits per heavy atom. The fraction of sp³-hybridized carbons (Fsp3) is 0.538. The Labute approximate surface area is 195 Å². The van der Waals surface area contributed by atoms with Gasteiger partial charge in [-0.15, -0.1) is 5.10 Å². The molecule has 3 heterocycles. The number of nitrogens with zero attached hydrogens (tertiary/aromatic N) is 6. The van der Waals surface area contributed by atoms with Crippen molar-refractivity contribution >= 4 is 16.6 Å². The van der Waals surface area contributed by atoms with Crippen molar-refractivity contribution in [3.63, 3.8) is 0 Å². The molecular formula is C26H34N6O. The summed E-state index contributed by atoms with van der Waals surface area (Å²) in [6.45, 7) is 5.91. The van der Waals surface area contributed by atoms with Crippen molar-refractivity contribution in [1.29, 1.82) is 0 Å². The lowest BCUT2D eigenvalue weighted by atomic mass is 9.79. The molecule has 174 valence electrons. The molecule has 0 atom stereocenters. The van der Waals surface area contributed by atoms with Crippen LogP contribution in [0.15, 0.2) is 36.7 Å². The third kappa shape index (κ3) is 5.31. The summed E-state index contributed by atoms with van der Waals surface area (Å²) in [6.07, 6.45) is 8.63. The number of hydrogen-bond acceptors (Lipinski definition) is 6. The summed E-state index contributed by atoms with van der Waals surface area (Å²) in [6, 6.07) is 8.27. The molecule has 0 unspecified atom stereocenters. The van der Waals surface area contributed by atoms with Crippen LogP contribution in [0, 0.1) is 11.8 Å². The number of ketones is 1. The number of aryl methyl sites for hydroxylation is 1. The van der Waals surface area contributed by atoms with E-state index in [2.05, 4.69) is 50.3 Å². The number of hydrogen-bond donors (Lipinski definition) is 0. The zero-order valence-electron chi connectivity index (χ0n) is 19.8. The van der Waals surface area contributed by atoms with Crippen molar-refractivity contribution in [3.05, 3.63) is 42.4 Å². The molecule has 3 aromatic rings. The van der Waals surface area contributed by atoms with E-state index < -0.39 is 0 Å². The Kier molecular flexibility index (Phi) is 6.51. The highest BCUT2D eigenvalue weighted by Crippen LogP contribution is 2.31. The van der Waals surface area contributed by atoms with Gasteiger partial charge in [-0.3, -0.25) is 14.5 Å². The van der Waals surface area contributed by atoms with Gasteiger partial charge in [-0.1, -0.05) is 17.3 Å². The Bertz CT molecular complexity index is 1110. The average molecular weight is 447 g/mol. The van der Waals surface area contributed by atoms with Gasteiger partial charge in [0.05, 0.1) is 6.20 Å². The van der Waals surface area contributed by atoms with Gasteiger partial charge in [0, 0.05) is 75.0 Å². The van der Waals surface area contributed by atoms with E-state index >= 15 is 0 Å². The first-order valence-electron chi connectivity index (χ1n) is 12.2. The van der Waals surface area contributed by atoms with Gasteiger partial charge in [0.2, 0.25) is 0 Å². The fourth-order valence-corrected chi connectivity index (χ4v) is 5.31. The zero-order chi connectivity index (χ0) is 22.8. The van der Waals surface area contributed by atoms with Crippen molar-refractivity contribution in [2.75, 3.05) is 39.8 Å². The normalized spacial score (nSPS) is 22.6. The maximum atomic E-state index is 13.1. The van der Waals surface area contributed by atoms with E-state index in [9.17, 15) is 4.79 Å². The Hall–Kier alpha value is -2.64. The predicted octanol–water partition coefficient (Wildman–Crippen LogP) is 3.20. The standard InChI is InChI=1S/C26H34N6O/c1-30-9-11-32(12-10-30)17-19-3-5-20(6-4-19)26(33)15-24-14-23-13-21(7-8-22(23)16-27-24)25-18-31(2)29-28-25/h7-8,13-14,16,18-20H,3-6,9-12,15,17H2,1-2H3. The summed E-state index contributed by atoms with van der Waals surface area (Å²) in [7, 11) is 4.07. The summed E-state index contributed by atoms with van der Waals surface area (Å²) in [4.78, 5) is 22.7. The molecule has 1 aromatic carbocycles. The summed E-state index contributed by atoms with van der Waals surface area (Å²) in [5.41, 5.74) is 2.74. The number of likely N-dealkylation sites (N-methyl/N-ethyl adjacent to an activating group) is 1. The van der Waals surface area contributed by atoms with Gasteiger partial charge in [0.15, 0.2) is 0 Å². The largest absolute Gasteiger partial charge is 0.304 e. The highest BCUT2D eigenvalue weighted by Gasteiger charge is 2.28. The van der Waals surface area contributed by atoms with Crippen LogP contribution in [0.5, 0.6) is 0 Å². The minimum atomic E-state index is 0.192. The van der Waals surface area contributed by atoms with Crippen LogP contribution in [0.1, 0.15) is 31.4 Å². The van der Waals surface area contributed by atoms with E-state index in [1.54, 1.807) is 4.68 Å². The van der Waals surface area contributed by atoms with Gasteiger partial charge >= 0.3 is 0 Å². The van der Waals surface area contributed by atoms with E-state index in [1.165, 1.54) is 45.6 Å². The molecule has 1 saturated carbocycles. The number of rotatable bonds is 6. The van der Waals surface area contributed by atoms with E-state index in [0.717, 1.165) is 46.5 Å². The van der Waals surface area contributed by atoms with Crippen LogP contribution < -0.4 is 0 Å². The molecule has 5 rings (SSSR count). The quantitative estimate of drug-likeness (QED) is 0.579. The highest BCUT2D eigenvalue weighted by molar-refractivity contribution is 5.88. The van der Waals surface area contributed by atoms with Crippen LogP contribution in [-0.4, -0.2) is 75.3 Å². The van der Waals surface area contributed by atoms with E-state index in [4.69, 9.17) is 0 Å². The van der Waals surface area contributed by atoms with Crippen molar-refractivity contribution in [3.8, 4) is 11.3 Å². The molecule has 33 heavy (non-hydrogen) atoms. The summed E-state index contributed by atoms with van der Waals surface area (Å²) >= 11 is 0. The first kappa shape index (κ1) is 22.2. The molecule has 7 nitrogen and oxygen atoms in total. The number of pyridine rings is 1. The minimum absolute atomic E-state index is 0.192. The Balaban J connectivity index is 1.18. The molecule has 0 radical (unpaired) electrons. The van der Waals surface area contributed by atoms with Crippen molar-refractivity contribution in [2.45, 2.75) is 32.1 Å². The maximum Gasteiger partial charge on any atom is 0.141 e. The second kappa shape index (κ2) is 9.69. The molecule has 1 saturated heterocycles. The lowest BCUT2D eigenvalue weighted by Gasteiger charge is -2.36. The van der Waals surface area contributed by atoms with Crippen LogP contribution in [-0.2, 0) is 18.3 Å². The number of piperazine rings is 1. The molecular weight excluding hydrogens is 412 g/mol. The molecule has 2 fully saturated rings. The summed E-state index contributed by atoms with van der Waals surface area (Å²) in [5.74, 6) is 1.29. The molecule has 0 amide bonds. The SMILES string of the molecule is CN1CCN(CC2CCC(C(=O)Cc3cc4cc(-c5cn(C)nn5)ccc4cn3)CC2)CC1. The first-order valence-corrected chi connectivity index (χ1v) is 12.2. The zero-order valence-corrected chi connectivity index (χ0v) is 19.8. The smallest absolute Gasteiger partial charge is 0.141 e. The minimum Gasteiger partial charge on any atom is -0.304 e. The first-order chi connectivity index (χ1) is 16.0. The second-order valence-electron chi connectivity index (χ2n) is 9.98. The topological polar surface area (TPSA) is 67.2 Å². The Morgan fingerprint density at radius 3 is 2.52 bits per heavy atom. The van der Waals surface area contributed by atoms with Gasteiger partial charge < -0.3 is 9.80 Å². The van der Waals surface area contributed by atoms with Gasteiger partial charge in [-0.05, 0) is 56.2 Å². The van der Waals surface area contributed by atoms with E-state index in [0.29, 0.717) is 12.2 Å². The number of fused-ring (bicyclic) bond motifs is 1. The van der Waals surface area contributed by atoms with E-state index in [1.807, 2.05) is 25.5 Å². The highest BCUT2D eigenvalue weighted by atomic mass is 16.1. The molecule has 1 aliphatic heterocycles. The fourth-order valence-electron chi connectivity index (χ4n) is 5.31. The van der Waals surface area contributed by atoms with Crippen LogP contribution in [0.3, 0.4) is 0 Å². The van der Waals surface area contributed by atoms with Crippen LogP contribution in [0.25, 0.3) is 22.0 Å². The molecule has 7 heteroatoms. The van der Waals surface area contributed by atoms with Gasteiger partial charge in [0.25, 0.3) is 0 Å². The number of Topliss-reactive ketones (excluding diaryl/α,β-unsaturated/α-hetero) is 1. The molecule has 0 spiro atoms. The lowest BCUT2D eigenvalue weighted by molar-refractivity contribution is -0.123. The average Bonchev–Trinajstić information content (AvgIpc) is 3.27. The molecule has 1 aliphatic carbocycles. The van der Waals surface area contributed by atoms with Gasteiger partial charge in [0.1, 0.15) is 11.5 Å². The van der Waals surface area contributed by atoms with Crippen LogP contribution >= 0.6 is 0 Å². The van der Waals surface area contributed by atoms with Gasteiger partial charge in [-0.2, -0.15) is 0 Å². The second-order valence-corrected chi connectivity index (χ2v) is 9.98. The summed E-state index contributed by atoms with van der Waals surface area (Å²) in [5, 5.41) is 10.4. The Morgan fingerprint density at radius 2 is 1.79 bits per heavy atom. The van der Waals surface area contributed by atoms with Crippen LogP contribution in [0.2, 0.25) is 0 Å². The monoisotopic (exact) mass is 446 g/mol. The van der Waals surface area contributed by atoms with Crippen molar-refractivity contribution in [2.24, 2.45) is 18.9 Å². The number of benzene rings is 1. The number of aromatic nitrogens is 4. The summed E-state index contributed by atoms with van der Waals surface area (Å²) < 4.78 is 1.70. The predicted molar refractivity (Wildman–Crippen MR) is 130 cm³/mol. The number of carbonyl (C=O) groups excluding carboxylic acids is 1. The molecule has 2 aromatic heterocycles.